The number of unbranched alkanes of at least 4 members (excludes halogenated alkanes) is 4. The lowest BCUT2D eigenvalue weighted by Crippen LogP contribution is -2.10. The van der Waals surface area contributed by atoms with Gasteiger partial charge in [-0.25, -0.2) is 0 Å². The maximum Gasteiger partial charge on any atom is 0.135 e. The van der Waals surface area contributed by atoms with Gasteiger partial charge in [0.2, 0.25) is 0 Å². The van der Waals surface area contributed by atoms with Gasteiger partial charge in [0.1, 0.15) is 5.78 Å². The zero-order valence-electron chi connectivity index (χ0n) is 11.3. The van der Waals surface area contributed by atoms with Crippen LogP contribution in [-0.4, -0.2) is 19.5 Å². The molecule has 0 amide bonds. The van der Waals surface area contributed by atoms with Gasteiger partial charge < -0.3 is 4.74 Å². The summed E-state index contributed by atoms with van der Waals surface area (Å²) in [7, 11) is 1.71. The van der Waals surface area contributed by atoms with Gasteiger partial charge in [0.05, 0.1) is 0 Å². The fourth-order valence-corrected chi connectivity index (χ4v) is 1.83. The molecular weight excluding hydrogens is 200 g/mol. The lowest BCUT2D eigenvalue weighted by atomic mass is 9.95. The van der Waals surface area contributed by atoms with Crippen molar-refractivity contribution in [2.75, 3.05) is 13.7 Å². The minimum absolute atomic E-state index is 0.263. The van der Waals surface area contributed by atoms with Gasteiger partial charge in [-0.15, -0.1) is 0 Å². The zero-order valence-corrected chi connectivity index (χ0v) is 11.3. The fourth-order valence-electron chi connectivity index (χ4n) is 1.83. The highest BCUT2D eigenvalue weighted by molar-refractivity contribution is 5.80. The molecular formula is C14H28O2. The average Bonchev–Trinajstić information content (AvgIpc) is 2.29. The second kappa shape index (κ2) is 11.1. The third-order valence-corrected chi connectivity index (χ3v) is 3.06. The van der Waals surface area contributed by atoms with Crippen molar-refractivity contribution in [3.63, 3.8) is 0 Å². The SMILES string of the molecule is CCCCCCC(C)C(=O)CCCCOC. The Labute approximate surface area is 101 Å². The number of Topliss-reactive ketones (excluding diaryl/α,β-unsaturated/α-hetero) is 1. The van der Waals surface area contributed by atoms with E-state index in [9.17, 15) is 4.79 Å². The van der Waals surface area contributed by atoms with E-state index in [1.54, 1.807) is 7.11 Å². The van der Waals surface area contributed by atoms with E-state index in [2.05, 4.69) is 13.8 Å². The molecule has 0 aliphatic rings. The van der Waals surface area contributed by atoms with Crippen LogP contribution >= 0.6 is 0 Å². The lowest BCUT2D eigenvalue weighted by Gasteiger charge is -2.09. The molecule has 0 aliphatic carbocycles. The summed E-state index contributed by atoms with van der Waals surface area (Å²) < 4.78 is 4.96. The number of hydrogen-bond donors (Lipinski definition) is 0. The Morgan fingerprint density at radius 2 is 1.88 bits per heavy atom. The highest BCUT2D eigenvalue weighted by Gasteiger charge is 2.11. The van der Waals surface area contributed by atoms with Gasteiger partial charge in [-0.1, -0.05) is 39.5 Å². The van der Waals surface area contributed by atoms with Crippen LogP contribution in [0.15, 0.2) is 0 Å². The van der Waals surface area contributed by atoms with Gasteiger partial charge in [-0.05, 0) is 19.3 Å². The topological polar surface area (TPSA) is 26.3 Å². The van der Waals surface area contributed by atoms with Crippen LogP contribution in [0.5, 0.6) is 0 Å². The van der Waals surface area contributed by atoms with Crippen molar-refractivity contribution in [2.45, 2.75) is 65.2 Å². The van der Waals surface area contributed by atoms with E-state index in [1.807, 2.05) is 0 Å². The Bertz CT molecular complexity index is 166. The number of rotatable bonds is 11. The quantitative estimate of drug-likeness (QED) is 0.500. The second-order valence-corrected chi connectivity index (χ2v) is 4.67. The van der Waals surface area contributed by atoms with Crippen molar-refractivity contribution < 1.29 is 9.53 Å². The van der Waals surface area contributed by atoms with Crippen LogP contribution < -0.4 is 0 Å². The monoisotopic (exact) mass is 228 g/mol. The van der Waals surface area contributed by atoms with Crippen molar-refractivity contribution in [1.29, 1.82) is 0 Å². The van der Waals surface area contributed by atoms with Gasteiger partial charge in [0.25, 0.3) is 0 Å². The molecule has 1 unspecified atom stereocenters. The normalized spacial score (nSPS) is 12.7. The Kier molecular flexibility index (Phi) is 10.9. The third kappa shape index (κ3) is 8.90. The number of methoxy groups -OCH3 is 1. The van der Waals surface area contributed by atoms with Crippen molar-refractivity contribution in [3.8, 4) is 0 Å². The van der Waals surface area contributed by atoms with Crippen LogP contribution in [0.1, 0.15) is 65.2 Å². The number of carbonyl (C=O) groups excluding carboxylic acids is 1. The summed E-state index contributed by atoms with van der Waals surface area (Å²) >= 11 is 0. The highest BCUT2D eigenvalue weighted by atomic mass is 16.5. The molecule has 2 heteroatoms. The molecule has 0 saturated carbocycles. The minimum atomic E-state index is 0.263. The smallest absolute Gasteiger partial charge is 0.135 e. The van der Waals surface area contributed by atoms with Gasteiger partial charge >= 0.3 is 0 Å². The van der Waals surface area contributed by atoms with Gasteiger partial charge in [0.15, 0.2) is 0 Å². The van der Waals surface area contributed by atoms with Crippen LogP contribution in [0, 0.1) is 5.92 Å². The van der Waals surface area contributed by atoms with Crippen molar-refractivity contribution in [1.82, 2.24) is 0 Å². The van der Waals surface area contributed by atoms with Gasteiger partial charge in [0, 0.05) is 26.1 Å². The van der Waals surface area contributed by atoms with Gasteiger partial charge in [-0.2, -0.15) is 0 Å². The van der Waals surface area contributed by atoms with E-state index in [4.69, 9.17) is 4.74 Å². The summed E-state index contributed by atoms with van der Waals surface area (Å²) in [5.41, 5.74) is 0. The predicted molar refractivity (Wildman–Crippen MR) is 68.7 cm³/mol. The molecule has 0 aliphatic heterocycles. The Balaban J connectivity index is 3.42. The van der Waals surface area contributed by atoms with E-state index in [1.165, 1.54) is 25.7 Å². The predicted octanol–water partition coefficient (Wildman–Crippen LogP) is 3.98. The summed E-state index contributed by atoms with van der Waals surface area (Å²) in [5.74, 6) is 0.701. The molecule has 0 aromatic heterocycles. The van der Waals surface area contributed by atoms with E-state index in [0.717, 1.165) is 32.3 Å². The molecule has 0 rings (SSSR count). The zero-order chi connectivity index (χ0) is 12.2. The first kappa shape index (κ1) is 15.6. The maximum atomic E-state index is 11.7. The fraction of sp³-hybridized carbons (Fsp3) is 0.929. The molecule has 0 radical (unpaired) electrons. The van der Waals surface area contributed by atoms with E-state index in [0.29, 0.717) is 5.78 Å². The lowest BCUT2D eigenvalue weighted by molar-refractivity contribution is -0.122. The van der Waals surface area contributed by atoms with E-state index in [-0.39, 0.29) is 5.92 Å². The molecule has 0 bridgehead atoms. The molecule has 0 aromatic carbocycles. The summed E-state index contributed by atoms with van der Waals surface area (Å²) in [5, 5.41) is 0. The molecule has 2 nitrogen and oxygen atoms in total. The van der Waals surface area contributed by atoms with Crippen molar-refractivity contribution in [2.24, 2.45) is 5.92 Å². The van der Waals surface area contributed by atoms with E-state index < -0.39 is 0 Å². The molecule has 0 aromatic rings. The van der Waals surface area contributed by atoms with Crippen LogP contribution in [-0.2, 0) is 9.53 Å². The van der Waals surface area contributed by atoms with Crippen LogP contribution in [0.25, 0.3) is 0 Å². The molecule has 0 saturated heterocycles. The standard InChI is InChI=1S/C14H28O2/c1-4-5-6-7-10-13(2)14(15)11-8-9-12-16-3/h13H,4-12H2,1-3H3. The Hall–Kier alpha value is -0.370. The van der Waals surface area contributed by atoms with Crippen LogP contribution in [0.2, 0.25) is 0 Å². The molecule has 0 N–H and O–H groups in total. The average molecular weight is 228 g/mol. The summed E-state index contributed by atoms with van der Waals surface area (Å²) in [4.78, 5) is 11.7. The first-order valence-corrected chi connectivity index (χ1v) is 6.74. The number of carbonyl (C=O) groups is 1. The minimum Gasteiger partial charge on any atom is -0.385 e. The van der Waals surface area contributed by atoms with E-state index >= 15 is 0 Å². The summed E-state index contributed by atoms with van der Waals surface area (Å²) in [6.07, 6.45) is 8.84. The molecule has 0 spiro atoms. The maximum absolute atomic E-state index is 11.7. The Morgan fingerprint density at radius 1 is 1.12 bits per heavy atom. The molecule has 16 heavy (non-hydrogen) atoms. The van der Waals surface area contributed by atoms with Crippen molar-refractivity contribution in [3.05, 3.63) is 0 Å². The first-order valence-electron chi connectivity index (χ1n) is 6.74. The summed E-state index contributed by atoms with van der Waals surface area (Å²) in [6.45, 7) is 5.06. The molecule has 0 fully saturated rings. The largest absolute Gasteiger partial charge is 0.385 e. The first-order chi connectivity index (χ1) is 7.72. The van der Waals surface area contributed by atoms with Crippen molar-refractivity contribution >= 4 is 5.78 Å². The number of ketones is 1. The van der Waals surface area contributed by atoms with Gasteiger partial charge in [-0.3, -0.25) is 4.79 Å². The summed E-state index contributed by atoms with van der Waals surface area (Å²) in [6, 6.07) is 0. The highest BCUT2D eigenvalue weighted by Crippen LogP contribution is 2.14. The second-order valence-electron chi connectivity index (χ2n) is 4.67. The van der Waals surface area contributed by atoms with Crippen LogP contribution in [0.4, 0.5) is 0 Å². The molecule has 1 atom stereocenters. The number of ether oxygens (including phenoxy) is 1. The molecule has 96 valence electrons. The molecule has 0 heterocycles. The van der Waals surface area contributed by atoms with Crippen LogP contribution in [0.3, 0.4) is 0 Å². The Morgan fingerprint density at radius 3 is 2.50 bits per heavy atom. The third-order valence-electron chi connectivity index (χ3n) is 3.06. The number of hydrogen-bond acceptors (Lipinski definition) is 2.